The summed E-state index contributed by atoms with van der Waals surface area (Å²) in [5, 5.41) is 4.72. The van der Waals surface area contributed by atoms with Crippen LogP contribution in [-0.4, -0.2) is 54.3 Å². The average Bonchev–Trinajstić information content (AvgIpc) is 2.76. The number of aryl methyl sites for hydroxylation is 1. The molecule has 1 N–H and O–H groups in total. The first-order valence-electron chi connectivity index (χ1n) is 10.3. The first kappa shape index (κ1) is 22.0. The van der Waals surface area contributed by atoms with E-state index in [2.05, 4.69) is 46.3 Å². The van der Waals surface area contributed by atoms with Crippen LogP contribution in [0.1, 0.15) is 24.5 Å². The molecule has 0 spiro atoms. The molecule has 0 unspecified atom stereocenters. The third kappa shape index (κ3) is 6.96. The smallest absolute Gasteiger partial charge is 0.173 e. The summed E-state index contributed by atoms with van der Waals surface area (Å²) < 4.78 is 5.45. The zero-order valence-electron chi connectivity index (χ0n) is 17.1. The Morgan fingerprint density at radius 3 is 2.48 bits per heavy atom. The normalized spacial score (nSPS) is 14.6. The molecule has 2 aromatic carbocycles. The van der Waals surface area contributed by atoms with E-state index in [-0.39, 0.29) is 0 Å². The minimum absolute atomic E-state index is 0.676. The SMILES string of the molecule is CCc1ccc(CN(CCCN2CCOCC2)C(=S)Nc2ccccc2Cl)cc1. The Labute approximate surface area is 184 Å². The Bertz CT molecular complexity index is 778. The van der Waals surface area contributed by atoms with E-state index in [4.69, 9.17) is 28.6 Å². The van der Waals surface area contributed by atoms with Gasteiger partial charge in [0.05, 0.1) is 23.9 Å². The summed E-state index contributed by atoms with van der Waals surface area (Å²) in [5.74, 6) is 0. The molecule has 6 heteroatoms. The minimum atomic E-state index is 0.676. The third-order valence-electron chi connectivity index (χ3n) is 5.21. The predicted octanol–water partition coefficient (Wildman–Crippen LogP) is 4.82. The summed E-state index contributed by atoms with van der Waals surface area (Å²) in [6.45, 7) is 8.60. The number of para-hydroxylation sites is 1. The topological polar surface area (TPSA) is 27.7 Å². The van der Waals surface area contributed by atoms with Crippen molar-refractivity contribution in [1.29, 1.82) is 0 Å². The van der Waals surface area contributed by atoms with Gasteiger partial charge in [-0.15, -0.1) is 0 Å². The third-order valence-corrected chi connectivity index (χ3v) is 5.90. The zero-order chi connectivity index (χ0) is 20.5. The lowest BCUT2D eigenvalue weighted by atomic mass is 10.1. The van der Waals surface area contributed by atoms with Crippen molar-refractivity contribution in [2.75, 3.05) is 44.7 Å². The lowest BCUT2D eigenvalue weighted by Crippen LogP contribution is -2.40. The van der Waals surface area contributed by atoms with E-state index >= 15 is 0 Å². The van der Waals surface area contributed by atoms with Gasteiger partial charge in [-0.2, -0.15) is 0 Å². The molecule has 1 saturated heterocycles. The Balaban J connectivity index is 1.63. The van der Waals surface area contributed by atoms with Crippen LogP contribution in [-0.2, 0) is 17.7 Å². The highest BCUT2D eigenvalue weighted by atomic mass is 35.5. The quantitative estimate of drug-likeness (QED) is 0.604. The number of hydrogen-bond acceptors (Lipinski definition) is 3. The van der Waals surface area contributed by atoms with Crippen LogP contribution in [0, 0.1) is 0 Å². The van der Waals surface area contributed by atoms with Crippen LogP contribution in [0.15, 0.2) is 48.5 Å². The number of rotatable bonds is 8. The van der Waals surface area contributed by atoms with Gasteiger partial charge in [-0.3, -0.25) is 4.90 Å². The van der Waals surface area contributed by atoms with Gasteiger partial charge in [0.25, 0.3) is 0 Å². The number of benzene rings is 2. The van der Waals surface area contributed by atoms with Gasteiger partial charge in [-0.05, 0) is 48.3 Å². The van der Waals surface area contributed by atoms with Crippen LogP contribution in [0.3, 0.4) is 0 Å². The van der Waals surface area contributed by atoms with Gasteiger partial charge in [-0.1, -0.05) is 54.9 Å². The standard InChI is InChI=1S/C23H30ClN3OS/c1-2-19-8-10-20(11-9-19)18-27(13-5-12-26-14-16-28-17-15-26)23(29)25-22-7-4-3-6-21(22)24/h3-4,6-11H,2,5,12-18H2,1H3,(H,25,29). The highest BCUT2D eigenvalue weighted by molar-refractivity contribution is 7.80. The molecule has 29 heavy (non-hydrogen) atoms. The molecule has 156 valence electrons. The van der Waals surface area contributed by atoms with Crippen molar-refractivity contribution in [1.82, 2.24) is 9.80 Å². The molecule has 1 aliphatic heterocycles. The second-order valence-corrected chi connectivity index (χ2v) is 8.10. The number of halogens is 1. The van der Waals surface area contributed by atoms with Gasteiger partial charge in [-0.25, -0.2) is 0 Å². The highest BCUT2D eigenvalue weighted by Gasteiger charge is 2.14. The summed E-state index contributed by atoms with van der Waals surface area (Å²) in [5.41, 5.74) is 3.46. The summed E-state index contributed by atoms with van der Waals surface area (Å²) >= 11 is 12.1. The molecule has 0 aromatic heterocycles. The Morgan fingerprint density at radius 2 is 1.79 bits per heavy atom. The van der Waals surface area contributed by atoms with E-state index in [1.54, 1.807) is 0 Å². The van der Waals surface area contributed by atoms with Gasteiger partial charge >= 0.3 is 0 Å². The molecule has 0 radical (unpaired) electrons. The van der Waals surface area contributed by atoms with E-state index in [1.807, 2.05) is 24.3 Å². The van der Waals surface area contributed by atoms with Crippen molar-refractivity contribution >= 4 is 34.6 Å². The summed E-state index contributed by atoms with van der Waals surface area (Å²) in [6.07, 6.45) is 2.10. The van der Waals surface area contributed by atoms with E-state index in [1.165, 1.54) is 11.1 Å². The molecule has 1 heterocycles. The summed E-state index contributed by atoms with van der Waals surface area (Å²) in [4.78, 5) is 4.70. The van der Waals surface area contributed by atoms with Crippen molar-refractivity contribution in [3.63, 3.8) is 0 Å². The van der Waals surface area contributed by atoms with Crippen LogP contribution >= 0.6 is 23.8 Å². The monoisotopic (exact) mass is 431 g/mol. The molecule has 0 saturated carbocycles. The van der Waals surface area contributed by atoms with Gasteiger partial charge in [0.1, 0.15) is 0 Å². The van der Waals surface area contributed by atoms with Crippen molar-refractivity contribution in [2.24, 2.45) is 0 Å². The number of hydrogen-bond donors (Lipinski definition) is 1. The largest absolute Gasteiger partial charge is 0.379 e. The maximum absolute atomic E-state index is 6.31. The van der Waals surface area contributed by atoms with Crippen LogP contribution in [0.4, 0.5) is 5.69 Å². The number of nitrogens with one attached hydrogen (secondary N) is 1. The Kier molecular flexibility index (Phi) is 8.74. The molecule has 4 nitrogen and oxygen atoms in total. The number of ether oxygens (including phenoxy) is 1. The molecule has 3 rings (SSSR count). The lowest BCUT2D eigenvalue weighted by molar-refractivity contribution is 0.0368. The van der Waals surface area contributed by atoms with Crippen molar-refractivity contribution in [3.05, 3.63) is 64.7 Å². The van der Waals surface area contributed by atoms with E-state index in [0.717, 1.165) is 64.5 Å². The van der Waals surface area contributed by atoms with Gasteiger partial charge < -0.3 is 15.0 Å². The highest BCUT2D eigenvalue weighted by Crippen LogP contribution is 2.21. The molecular weight excluding hydrogens is 402 g/mol. The van der Waals surface area contributed by atoms with E-state index < -0.39 is 0 Å². The lowest BCUT2D eigenvalue weighted by Gasteiger charge is -2.30. The maximum Gasteiger partial charge on any atom is 0.173 e. The van der Waals surface area contributed by atoms with Crippen molar-refractivity contribution < 1.29 is 4.74 Å². The van der Waals surface area contributed by atoms with Gasteiger partial charge in [0, 0.05) is 32.7 Å². The molecule has 1 aliphatic rings. The molecule has 2 aromatic rings. The fourth-order valence-electron chi connectivity index (χ4n) is 3.42. The summed E-state index contributed by atoms with van der Waals surface area (Å²) in [6, 6.07) is 16.5. The Hall–Kier alpha value is -1.66. The van der Waals surface area contributed by atoms with Gasteiger partial charge in [0.2, 0.25) is 0 Å². The number of thiocarbonyl (C=S) groups is 1. The van der Waals surface area contributed by atoms with Crippen molar-refractivity contribution in [2.45, 2.75) is 26.3 Å². The molecular formula is C23H30ClN3OS. The van der Waals surface area contributed by atoms with Crippen LogP contribution in [0.5, 0.6) is 0 Å². The second-order valence-electron chi connectivity index (χ2n) is 7.31. The number of morpholine rings is 1. The van der Waals surface area contributed by atoms with Crippen molar-refractivity contribution in [3.8, 4) is 0 Å². The summed E-state index contributed by atoms with van der Waals surface area (Å²) in [7, 11) is 0. The molecule has 1 fully saturated rings. The fourth-order valence-corrected chi connectivity index (χ4v) is 3.87. The molecule has 0 aliphatic carbocycles. The predicted molar refractivity (Wildman–Crippen MR) is 126 cm³/mol. The molecule has 0 bridgehead atoms. The second kappa shape index (κ2) is 11.5. The van der Waals surface area contributed by atoms with Crippen LogP contribution < -0.4 is 5.32 Å². The molecule has 0 atom stereocenters. The number of anilines is 1. The minimum Gasteiger partial charge on any atom is -0.379 e. The van der Waals surface area contributed by atoms with Crippen LogP contribution in [0.2, 0.25) is 5.02 Å². The molecule has 0 amide bonds. The number of nitrogens with zero attached hydrogens (tertiary/aromatic N) is 2. The Morgan fingerprint density at radius 1 is 1.10 bits per heavy atom. The van der Waals surface area contributed by atoms with E-state index in [0.29, 0.717) is 10.1 Å². The average molecular weight is 432 g/mol. The zero-order valence-corrected chi connectivity index (χ0v) is 18.6. The van der Waals surface area contributed by atoms with E-state index in [9.17, 15) is 0 Å². The fraction of sp³-hybridized carbons (Fsp3) is 0.435. The maximum atomic E-state index is 6.31. The van der Waals surface area contributed by atoms with Crippen LogP contribution in [0.25, 0.3) is 0 Å². The first-order chi connectivity index (χ1) is 14.2. The first-order valence-corrected chi connectivity index (χ1v) is 11.1. The van der Waals surface area contributed by atoms with Gasteiger partial charge in [0.15, 0.2) is 5.11 Å².